The van der Waals surface area contributed by atoms with E-state index in [0.29, 0.717) is 0 Å². The second-order valence-corrected chi connectivity index (χ2v) is 5.74. The van der Waals surface area contributed by atoms with Crippen molar-refractivity contribution >= 4 is 28.2 Å². The number of nitrogens with zero attached hydrogens (tertiary/aromatic N) is 2. The van der Waals surface area contributed by atoms with Gasteiger partial charge in [-0.15, -0.1) is 10.2 Å². The summed E-state index contributed by atoms with van der Waals surface area (Å²) in [5, 5.41) is 12.2. The van der Waals surface area contributed by atoms with E-state index >= 15 is 0 Å². The van der Waals surface area contributed by atoms with E-state index in [0.717, 1.165) is 27.5 Å². The molecule has 0 radical (unpaired) electrons. The SMILES string of the molecule is CCNc1nnc(SCc2cccc(OC)c2)s1. The van der Waals surface area contributed by atoms with Crippen molar-refractivity contribution in [1.82, 2.24) is 10.2 Å². The van der Waals surface area contributed by atoms with Gasteiger partial charge in [0.25, 0.3) is 0 Å². The van der Waals surface area contributed by atoms with Crippen LogP contribution in [0.15, 0.2) is 28.6 Å². The van der Waals surface area contributed by atoms with Gasteiger partial charge in [0.15, 0.2) is 4.34 Å². The van der Waals surface area contributed by atoms with Crippen LogP contribution < -0.4 is 10.1 Å². The summed E-state index contributed by atoms with van der Waals surface area (Å²) in [6, 6.07) is 8.07. The van der Waals surface area contributed by atoms with E-state index in [-0.39, 0.29) is 0 Å². The molecular weight excluding hydrogens is 266 g/mol. The molecule has 1 aromatic heterocycles. The first kappa shape index (κ1) is 13.2. The van der Waals surface area contributed by atoms with Crippen LogP contribution in [0.4, 0.5) is 5.13 Å². The molecule has 6 heteroatoms. The van der Waals surface area contributed by atoms with Gasteiger partial charge in [-0.05, 0) is 24.6 Å². The van der Waals surface area contributed by atoms with E-state index in [9.17, 15) is 0 Å². The number of rotatable bonds is 6. The Kier molecular flexibility index (Phi) is 4.83. The van der Waals surface area contributed by atoms with Crippen LogP contribution in [0.25, 0.3) is 0 Å². The molecule has 1 aromatic carbocycles. The molecule has 0 spiro atoms. The first-order valence-electron chi connectivity index (χ1n) is 5.65. The molecule has 0 saturated heterocycles. The van der Waals surface area contributed by atoms with E-state index in [4.69, 9.17) is 4.74 Å². The minimum Gasteiger partial charge on any atom is -0.497 e. The number of benzene rings is 1. The third kappa shape index (κ3) is 3.61. The number of hydrogen-bond donors (Lipinski definition) is 1. The van der Waals surface area contributed by atoms with Crippen LogP contribution in [0, 0.1) is 0 Å². The number of hydrogen-bond acceptors (Lipinski definition) is 6. The Morgan fingerprint density at radius 1 is 1.39 bits per heavy atom. The van der Waals surface area contributed by atoms with Crippen molar-refractivity contribution in [2.24, 2.45) is 0 Å². The standard InChI is InChI=1S/C12H15N3OS2/c1-3-13-11-14-15-12(18-11)17-8-9-5-4-6-10(7-9)16-2/h4-7H,3,8H2,1-2H3,(H,13,14). The molecule has 0 aliphatic heterocycles. The van der Waals surface area contributed by atoms with Crippen molar-refractivity contribution in [3.8, 4) is 5.75 Å². The van der Waals surface area contributed by atoms with E-state index in [1.807, 2.05) is 25.1 Å². The van der Waals surface area contributed by atoms with E-state index in [1.54, 1.807) is 30.2 Å². The maximum Gasteiger partial charge on any atom is 0.206 e. The topological polar surface area (TPSA) is 47.0 Å². The molecule has 0 bridgehead atoms. The van der Waals surface area contributed by atoms with Crippen molar-refractivity contribution in [2.45, 2.75) is 17.0 Å². The Morgan fingerprint density at radius 2 is 2.28 bits per heavy atom. The van der Waals surface area contributed by atoms with Crippen molar-refractivity contribution in [3.05, 3.63) is 29.8 Å². The number of aromatic nitrogens is 2. The molecule has 2 rings (SSSR count). The molecule has 1 heterocycles. The van der Waals surface area contributed by atoms with Crippen molar-refractivity contribution in [1.29, 1.82) is 0 Å². The van der Waals surface area contributed by atoms with Gasteiger partial charge in [-0.2, -0.15) is 0 Å². The van der Waals surface area contributed by atoms with Gasteiger partial charge in [0.2, 0.25) is 5.13 Å². The van der Waals surface area contributed by atoms with Crippen molar-refractivity contribution in [3.63, 3.8) is 0 Å². The number of methoxy groups -OCH3 is 1. The lowest BCUT2D eigenvalue weighted by Gasteiger charge is -2.02. The maximum atomic E-state index is 5.20. The van der Waals surface area contributed by atoms with Gasteiger partial charge in [-0.3, -0.25) is 0 Å². The first-order chi connectivity index (χ1) is 8.81. The zero-order valence-electron chi connectivity index (χ0n) is 10.3. The van der Waals surface area contributed by atoms with Gasteiger partial charge >= 0.3 is 0 Å². The second kappa shape index (κ2) is 6.61. The first-order valence-corrected chi connectivity index (χ1v) is 7.45. The van der Waals surface area contributed by atoms with Gasteiger partial charge in [0.1, 0.15) is 5.75 Å². The van der Waals surface area contributed by atoms with Crippen LogP contribution in [0.1, 0.15) is 12.5 Å². The molecule has 0 amide bonds. The number of ether oxygens (including phenoxy) is 1. The average molecular weight is 281 g/mol. The lowest BCUT2D eigenvalue weighted by Crippen LogP contribution is -1.94. The van der Waals surface area contributed by atoms with Gasteiger partial charge in [-0.25, -0.2) is 0 Å². The minimum atomic E-state index is 0.870. The van der Waals surface area contributed by atoms with E-state index in [2.05, 4.69) is 21.6 Å². The Bertz CT molecular complexity index is 502. The normalized spacial score (nSPS) is 10.3. The Balaban J connectivity index is 1.93. The summed E-state index contributed by atoms with van der Waals surface area (Å²) in [5.74, 6) is 1.76. The Hall–Kier alpha value is -1.27. The lowest BCUT2D eigenvalue weighted by atomic mass is 10.2. The third-order valence-electron chi connectivity index (χ3n) is 2.23. The molecule has 0 atom stereocenters. The van der Waals surface area contributed by atoms with Gasteiger partial charge < -0.3 is 10.1 Å². The number of nitrogens with one attached hydrogen (secondary N) is 1. The van der Waals surface area contributed by atoms with Gasteiger partial charge in [0, 0.05) is 12.3 Å². The van der Waals surface area contributed by atoms with Crippen LogP contribution in [-0.2, 0) is 5.75 Å². The summed E-state index contributed by atoms with van der Waals surface area (Å²) in [4.78, 5) is 0. The maximum absolute atomic E-state index is 5.20. The molecule has 96 valence electrons. The quantitative estimate of drug-likeness (QED) is 0.823. The summed E-state index contributed by atoms with van der Waals surface area (Å²) in [6.45, 7) is 2.92. The van der Waals surface area contributed by atoms with E-state index < -0.39 is 0 Å². The van der Waals surface area contributed by atoms with Crippen molar-refractivity contribution < 1.29 is 4.74 Å². The van der Waals surface area contributed by atoms with Crippen LogP contribution in [0.2, 0.25) is 0 Å². The Labute approximate surface area is 115 Å². The molecule has 1 N–H and O–H groups in total. The smallest absolute Gasteiger partial charge is 0.206 e. The molecule has 4 nitrogen and oxygen atoms in total. The number of anilines is 1. The third-order valence-corrected chi connectivity index (χ3v) is 4.32. The predicted molar refractivity (Wildman–Crippen MR) is 76.6 cm³/mol. The van der Waals surface area contributed by atoms with Crippen LogP contribution in [-0.4, -0.2) is 23.9 Å². The predicted octanol–water partition coefficient (Wildman–Crippen LogP) is 3.27. The molecular formula is C12H15N3OS2. The Morgan fingerprint density at radius 3 is 3.06 bits per heavy atom. The van der Waals surface area contributed by atoms with Crippen LogP contribution >= 0.6 is 23.1 Å². The molecule has 0 aliphatic rings. The summed E-state index contributed by atoms with van der Waals surface area (Å²) in [5.41, 5.74) is 1.22. The molecule has 0 aliphatic carbocycles. The molecule has 18 heavy (non-hydrogen) atoms. The minimum absolute atomic E-state index is 0.870. The van der Waals surface area contributed by atoms with Gasteiger partial charge in [-0.1, -0.05) is 35.2 Å². The molecule has 0 saturated carbocycles. The number of thioether (sulfide) groups is 1. The van der Waals surface area contributed by atoms with Gasteiger partial charge in [0.05, 0.1) is 7.11 Å². The largest absolute Gasteiger partial charge is 0.497 e. The van der Waals surface area contributed by atoms with Crippen molar-refractivity contribution in [2.75, 3.05) is 19.0 Å². The zero-order chi connectivity index (χ0) is 12.8. The molecule has 0 fully saturated rings. The monoisotopic (exact) mass is 281 g/mol. The van der Waals surface area contributed by atoms with E-state index in [1.165, 1.54) is 5.56 Å². The summed E-state index contributed by atoms with van der Waals surface area (Å²) in [7, 11) is 1.68. The summed E-state index contributed by atoms with van der Waals surface area (Å²) >= 11 is 3.27. The average Bonchev–Trinajstić information content (AvgIpc) is 2.85. The zero-order valence-corrected chi connectivity index (χ0v) is 12.0. The molecule has 2 aromatic rings. The molecule has 0 unspecified atom stereocenters. The summed E-state index contributed by atoms with van der Waals surface area (Å²) in [6.07, 6.45) is 0. The fourth-order valence-corrected chi connectivity index (χ4v) is 3.16. The van der Waals surface area contributed by atoms with Crippen LogP contribution in [0.3, 0.4) is 0 Å². The van der Waals surface area contributed by atoms with Crippen LogP contribution in [0.5, 0.6) is 5.75 Å². The highest BCUT2D eigenvalue weighted by Crippen LogP contribution is 2.28. The highest BCUT2D eigenvalue weighted by molar-refractivity contribution is 8.00. The fourth-order valence-electron chi connectivity index (χ4n) is 1.40. The highest BCUT2D eigenvalue weighted by Gasteiger charge is 2.04. The highest BCUT2D eigenvalue weighted by atomic mass is 32.2. The fraction of sp³-hybridized carbons (Fsp3) is 0.333. The summed E-state index contributed by atoms with van der Waals surface area (Å²) < 4.78 is 6.18. The second-order valence-electron chi connectivity index (χ2n) is 3.54. The lowest BCUT2D eigenvalue weighted by molar-refractivity contribution is 0.414.